The molecule has 0 heterocycles. The highest BCUT2D eigenvalue weighted by molar-refractivity contribution is 14.1. The zero-order valence-corrected chi connectivity index (χ0v) is 9.73. The number of benzene rings is 1. The number of halogens is 2. The van der Waals surface area contributed by atoms with Gasteiger partial charge in [0.2, 0.25) is 0 Å². The molecule has 0 aromatic heterocycles. The molecule has 0 atom stereocenters. The van der Waals surface area contributed by atoms with Gasteiger partial charge >= 0.3 is 0 Å². The van der Waals surface area contributed by atoms with Crippen molar-refractivity contribution < 1.29 is 4.79 Å². The van der Waals surface area contributed by atoms with Gasteiger partial charge in [-0.1, -0.05) is 11.6 Å². The van der Waals surface area contributed by atoms with Crippen molar-refractivity contribution in [3.05, 3.63) is 31.9 Å². The van der Waals surface area contributed by atoms with E-state index in [2.05, 4.69) is 22.6 Å². The Morgan fingerprint density at radius 2 is 2.08 bits per heavy atom. The Morgan fingerprint density at radius 3 is 2.58 bits per heavy atom. The zero-order valence-electron chi connectivity index (χ0n) is 6.82. The minimum absolute atomic E-state index is 0.0120. The average molecular weight is 295 g/mol. The van der Waals surface area contributed by atoms with Gasteiger partial charge in [-0.15, -0.1) is 0 Å². The molecule has 0 aliphatic carbocycles. The van der Waals surface area contributed by atoms with Crippen LogP contribution in [0.15, 0.2) is 12.1 Å². The number of carbonyl (C=O) groups is 1. The zero-order chi connectivity index (χ0) is 9.30. The Bertz CT molecular complexity index is 334. The van der Waals surface area contributed by atoms with E-state index in [1.54, 1.807) is 0 Å². The third-order valence-corrected chi connectivity index (χ3v) is 3.10. The van der Waals surface area contributed by atoms with Crippen LogP contribution in [0, 0.1) is 10.5 Å². The van der Waals surface area contributed by atoms with Crippen LogP contribution in [0.4, 0.5) is 0 Å². The highest BCUT2D eigenvalue weighted by Crippen LogP contribution is 2.22. The number of hydrogen-bond donors (Lipinski definition) is 0. The lowest BCUT2D eigenvalue weighted by atomic mass is 10.1. The molecule has 0 unspecified atom stereocenters. The minimum atomic E-state index is 0.0120. The Hall–Kier alpha value is -0.0900. The second-order valence-electron chi connectivity index (χ2n) is 2.64. The molecule has 1 nitrogen and oxygen atoms in total. The third kappa shape index (κ3) is 1.98. The van der Waals surface area contributed by atoms with Crippen molar-refractivity contribution in [1.29, 1.82) is 0 Å². The van der Waals surface area contributed by atoms with Crippen molar-refractivity contribution in [1.82, 2.24) is 0 Å². The van der Waals surface area contributed by atoms with Crippen LogP contribution in [-0.4, -0.2) is 5.78 Å². The molecule has 0 spiro atoms. The van der Waals surface area contributed by atoms with Gasteiger partial charge in [0, 0.05) is 9.13 Å². The normalized spacial score (nSPS) is 10.0. The summed E-state index contributed by atoms with van der Waals surface area (Å²) in [4.78, 5) is 11.0. The van der Waals surface area contributed by atoms with Crippen molar-refractivity contribution in [2.45, 2.75) is 13.8 Å². The minimum Gasteiger partial charge on any atom is -0.294 e. The molecule has 0 fully saturated rings. The molecule has 0 radical (unpaired) electrons. The van der Waals surface area contributed by atoms with Crippen LogP contribution >= 0.6 is 34.2 Å². The fourth-order valence-electron chi connectivity index (χ4n) is 0.916. The maximum absolute atomic E-state index is 11.0. The number of carbonyl (C=O) groups excluding carboxylic acids is 1. The lowest BCUT2D eigenvalue weighted by Gasteiger charge is -2.03. The van der Waals surface area contributed by atoms with E-state index in [-0.39, 0.29) is 5.78 Å². The Balaban J connectivity index is 3.33. The molecule has 1 rings (SSSR count). The lowest BCUT2D eigenvalue weighted by molar-refractivity contribution is 0.101. The Labute approximate surface area is 90.3 Å². The van der Waals surface area contributed by atoms with Gasteiger partial charge < -0.3 is 0 Å². The van der Waals surface area contributed by atoms with Crippen molar-refractivity contribution in [2.24, 2.45) is 0 Å². The summed E-state index contributed by atoms with van der Waals surface area (Å²) >= 11 is 8.06. The number of ketones is 1. The lowest BCUT2D eigenvalue weighted by Crippen LogP contribution is -1.95. The van der Waals surface area contributed by atoms with Gasteiger partial charge in [-0.2, -0.15) is 0 Å². The summed E-state index contributed by atoms with van der Waals surface area (Å²) in [7, 11) is 0. The van der Waals surface area contributed by atoms with Gasteiger partial charge in [0.05, 0.1) is 5.02 Å². The monoisotopic (exact) mass is 294 g/mol. The van der Waals surface area contributed by atoms with Crippen LogP contribution in [0.2, 0.25) is 5.02 Å². The van der Waals surface area contributed by atoms with Crippen LogP contribution in [0.5, 0.6) is 0 Å². The summed E-state index contributed by atoms with van der Waals surface area (Å²) in [5.41, 5.74) is 1.71. The summed E-state index contributed by atoms with van der Waals surface area (Å²) in [6, 6.07) is 3.64. The number of aryl methyl sites for hydroxylation is 1. The molecule has 1 aromatic rings. The van der Waals surface area contributed by atoms with Crippen LogP contribution in [0.3, 0.4) is 0 Å². The maximum atomic E-state index is 11.0. The molecule has 3 heteroatoms. The van der Waals surface area contributed by atoms with E-state index in [0.717, 1.165) is 9.13 Å². The summed E-state index contributed by atoms with van der Waals surface area (Å²) < 4.78 is 1.07. The summed E-state index contributed by atoms with van der Waals surface area (Å²) in [6.07, 6.45) is 0. The fraction of sp³-hybridized carbons (Fsp3) is 0.222. The summed E-state index contributed by atoms with van der Waals surface area (Å²) in [6.45, 7) is 3.49. The van der Waals surface area contributed by atoms with Gasteiger partial charge in [0.25, 0.3) is 0 Å². The van der Waals surface area contributed by atoms with Crippen molar-refractivity contribution in [3.63, 3.8) is 0 Å². The molecular weight excluding hydrogens is 286 g/mol. The molecule has 0 amide bonds. The second-order valence-corrected chi connectivity index (χ2v) is 4.21. The highest BCUT2D eigenvalue weighted by Gasteiger charge is 2.07. The van der Waals surface area contributed by atoms with Gasteiger partial charge in [0.1, 0.15) is 0 Å². The predicted molar refractivity (Wildman–Crippen MR) is 58.9 cm³/mol. The van der Waals surface area contributed by atoms with Gasteiger partial charge in [0.15, 0.2) is 5.78 Å². The molecule has 0 aliphatic rings. The molecule has 0 N–H and O–H groups in total. The molecule has 1 aromatic carbocycles. The molecule has 0 aliphatic heterocycles. The van der Waals surface area contributed by atoms with Crippen molar-refractivity contribution >= 4 is 40.0 Å². The number of rotatable bonds is 1. The van der Waals surface area contributed by atoms with Gasteiger partial charge in [-0.05, 0) is 54.1 Å². The molecule has 12 heavy (non-hydrogen) atoms. The predicted octanol–water partition coefficient (Wildman–Crippen LogP) is 3.46. The first-order valence-corrected chi connectivity index (χ1v) is 4.94. The van der Waals surface area contributed by atoms with Crippen LogP contribution in [0.25, 0.3) is 0 Å². The standard InChI is InChI=1S/C9H8ClIO/c1-5-3-8(10)7(6(2)12)4-9(5)11/h3-4H,1-2H3. The smallest absolute Gasteiger partial charge is 0.161 e. The summed E-state index contributed by atoms with van der Waals surface area (Å²) in [5, 5.41) is 0.542. The largest absolute Gasteiger partial charge is 0.294 e. The summed E-state index contributed by atoms with van der Waals surface area (Å²) in [5.74, 6) is 0.0120. The van der Waals surface area contributed by atoms with Crippen LogP contribution < -0.4 is 0 Å². The third-order valence-electron chi connectivity index (χ3n) is 1.63. The first-order chi connectivity index (χ1) is 5.52. The van der Waals surface area contributed by atoms with Crippen molar-refractivity contribution in [3.8, 4) is 0 Å². The SMILES string of the molecule is CC(=O)c1cc(I)c(C)cc1Cl. The average Bonchev–Trinajstić information content (AvgIpc) is 1.96. The van der Waals surface area contributed by atoms with E-state index >= 15 is 0 Å². The van der Waals surface area contributed by atoms with Crippen molar-refractivity contribution in [2.75, 3.05) is 0 Å². The number of hydrogen-bond acceptors (Lipinski definition) is 1. The first-order valence-electron chi connectivity index (χ1n) is 3.49. The van der Waals surface area contributed by atoms with Gasteiger partial charge in [-0.25, -0.2) is 0 Å². The molecule has 0 saturated carbocycles. The van der Waals surface area contributed by atoms with E-state index < -0.39 is 0 Å². The quantitative estimate of drug-likeness (QED) is 0.573. The van der Waals surface area contributed by atoms with E-state index in [0.29, 0.717) is 10.6 Å². The Kier molecular flexibility index (Phi) is 3.12. The van der Waals surface area contributed by atoms with E-state index in [9.17, 15) is 4.79 Å². The molecule has 0 saturated heterocycles. The first kappa shape index (κ1) is 9.99. The van der Waals surface area contributed by atoms with E-state index in [4.69, 9.17) is 11.6 Å². The molecule has 0 bridgehead atoms. The number of Topliss-reactive ketones (excluding diaryl/α,β-unsaturated/α-hetero) is 1. The Morgan fingerprint density at radius 1 is 1.50 bits per heavy atom. The molecule has 64 valence electrons. The van der Waals surface area contributed by atoms with Crippen LogP contribution in [0.1, 0.15) is 22.8 Å². The van der Waals surface area contributed by atoms with Crippen LogP contribution in [-0.2, 0) is 0 Å². The fourth-order valence-corrected chi connectivity index (χ4v) is 1.73. The van der Waals surface area contributed by atoms with E-state index in [1.165, 1.54) is 6.92 Å². The second kappa shape index (κ2) is 3.75. The molecular formula is C9H8ClIO. The maximum Gasteiger partial charge on any atom is 0.161 e. The van der Waals surface area contributed by atoms with Gasteiger partial charge in [-0.3, -0.25) is 4.79 Å². The highest BCUT2D eigenvalue weighted by atomic mass is 127. The van der Waals surface area contributed by atoms with E-state index in [1.807, 2.05) is 19.1 Å². The topological polar surface area (TPSA) is 17.1 Å².